The summed E-state index contributed by atoms with van der Waals surface area (Å²) in [4.78, 5) is 69.4. The molecule has 4 aromatic heterocycles. The van der Waals surface area contributed by atoms with E-state index in [-0.39, 0.29) is 47.2 Å². The van der Waals surface area contributed by atoms with Crippen molar-refractivity contribution in [2.45, 2.75) is 40.5 Å². The molecule has 0 saturated carbocycles. The van der Waals surface area contributed by atoms with Crippen LogP contribution in [-0.4, -0.2) is 96.7 Å². The number of halogens is 2. The number of nitrogens with zero attached hydrogens (tertiary/aromatic N) is 5. The number of nitrogens with one attached hydrogen (secondary N) is 6. The van der Waals surface area contributed by atoms with Crippen molar-refractivity contribution in [3.05, 3.63) is 199 Å². The monoisotopic (exact) mass is 1220 g/mol. The number of amides is 3. The molecule has 17 nitrogen and oxygen atoms in total. The number of H-pyrrole nitrogens is 2. The second-order valence-electron chi connectivity index (χ2n) is 22.7. The molecule has 88 heavy (non-hydrogen) atoms. The number of urea groups is 1. The number of imidazole rings is 2. The van der Waals surface area contributed by atoms with Gasteiger partial charge in [-0.1, -0.05) is 84.9 Å². The molecule has 21 heteroatoms. The number of fused-ring (bicyclic) bond motifs is 6. The molecule has 2 aliphatic rings. The summed E-state index contributed by atoms with van der Waals surface area (Å²) in [5, 5.41) is 16.8. The van der Waals surface area contributed by atoms with E-state index in [9.17, 15) is 37.1 Å². The minimum atomic E-state index is -2.47. The molecule has 6 N–H and O–H groups in total. The van der Waals surface area contributed by atoms with Crippen LogP contribution < -0.4 is 43.0 Å². The van der Waals surface area contributed by atoms with Gasteiger partial charge in [-0.05, 0) is 134 Å². The van der Waals surface area contributed by atoms with Crippen LogP contribution in [0.25, 0.3) is 55.8 Å². The lowest BCUT2D eigenvalue weighted by atomic mass is 10.0. The van der Waals surface area contributed by atoms with Crippen molar-refractivity contribution in [1.29, 1.82) is 0 Å². The third-order valence-corrected chi connectivity index (χ3v) is 23.4. The standard InChI is InChI=1S/C34H35FN5O3P.C33H34FN6O3P/c1-21-20-24(35)11-13-27(21)38-34-39-29-14-12-26-22(2)28(37-33(42)30(26)31(29)40(34)3)10-7-17-36-32(41)23-15-18-44(43,19-16-23)25-8-5-4-6-9-25;1-21-20-23(34)11-13-26(21)37-32-38-28-14-12-25-22(2)27(36-31(41)29(25)30(28)39(32)3)10-7-15-35-33(42)40-16-18-44(43,19-17-40)24-8-5-4-6-9-24/h4-14,20,23H,15-19H2,1-3H3,(H,36,41)(H,37,42)(H,38,39);4-14,20H,15-19H2,1-3H3,(H,35,42)(H,36,41)(H,37,38)/b2*10-7+. The van der Waals surface area contributed by atoms with E-state index in [4.69, 9.17) is 0 Å². The predicted octanol–water partition coefficient (Wildman–Crippen LogP) is 11.8. The third-order valence-electron chi connectivity index (χ3n) is 17.1. The smallest absolute Gasteiger partial charge is 0.317 e. The molecule has 10 aromatic rings. The van der Waals surface area contributed by atoms with Crippen LogP contribution in [0, 0.1) is 45.2 Å². The zero-order valence-corrected chi connectivity index (χ0v) is 51.6. The van der Waals surface area contributed by atoms with Gasteiger partial charge in [0.25, 0.3) is 11.1 Å². The summed E-state index contributed by atoms with van der Waals surface area (Å²) in [5.41, 5.74) is 8.29. The highest BCUT2D eigenvalue weighted by Gasteiger charge is 2.35. The molecule has 0 radical (unpaired) electrons. The van der Waals surface area contributed by atoms with Gasteiger partial charge in [-0.15, -0.1) is 0 Å². The quantitative estimate of drug-likeness (QED) is 0.0600. The number of rotatable bonds is 13. The normalized spacial score (nSPS) is 16.8. The Morgan fingerprint density at radius 2 is 1.02 bits per heavy atom. The first-order valence-corrected chi connectivity index (χ1v) is 33.5. The Hall–Kier alpha value is -9.18. The van der Waals surface area contributed by atoms with Gasteiger partial charge in [0.15, 0.2) is 0 Å². The molecular weight excluding hydrogens is 1150 g/mol. The highest BCUT2D eigenvalue weighted by molar-refractivity contribution is 7.72. The van der Waals surface area contributed by atoms with Crippen molar-refractivity contribution in [3.63, 3.8) is 0 Å². The number of hydrogen-bond donors (Lipinski definition) is 6. The molecule has 2 aliphatic heterocycles. The maximum absolute atomic E-state index is 13.6. The fourth-order valence-electron chi connectivity index (χ4n) is 11.9. The van der Waals surface area contributed by atoms with Crippen molar-refractivity contribution in [2.24, 2.45) is 20.0 Å². The zero-order valence-electron chi connectivity index (χ0n) is 49.8. The maximum atomic E-state index is 13.6. The highest BCUT2D eigenvalue weighted by atomic mass is 31.2. The fourth-order valence-corrected chi connectivity index (χ4v) is 17.4. The lowest BCUT2D eigenvalue weighted by molar-refractivity contribution is -0.125. The lowest BCUT2D eigenvalue weighted by Gasteiger charge is -2.32. The number of carbonyl (C=O) groups excluding carboxylic acids is 2. The fraction of sp³-hybridized carbons (Fsp3) is 0.254. The van der Waals surface area contributed by atoms with Crippen molar-refractivity contribution in [1.82, 2.24) is 44.6 Å². The van der Waals surface area contributed by atoms with E-state index in [1.807, 2.05) is 148 Å². The van der Waals surface area contributed by atoms with Gasteiger partial charge in [0.2, 0.25) is 17.8 Å². The Labute approximate surface area is 507 Å². The first kappa shape index (κ1) is 60.5. The number of aromatic nitrogens is 6. The Kier molecular flexibility index (Phi) is 17.4. The Morgan fingerprint density at radius 3 is 1.47 bits per heavy atom. The molecule has 0 atom stereocenters. The van der Waals surface area contributed by atoms with E-state index in [1.165, 1.54) is 24.3 Å². The van der Waals surface area contributed by atoms with Gasteiger partial charge < -0.3 is 54.4 Å². The zero-order chi connectivity index (χ0) is 62.0. The third kappa shape index (κ3) is 12.4. The Balaban J connectivity index is 0.000000182. The number of aromatic amines is 2. The molecule has 2 fully saturated rings. The van der Waals surface area contributed by atoms with Crippen LogP contribution in [0.1, 0.15) is 46.5 Å². The molecule has 0 bridgehead atoms. The average Bonchev–Trinajstić information content (AvgIpc) is 2.23. The van der Waals surface area contributed by atoms with Crippen LogP contribution >= 0.6 is 14.3 Å². The van der Waals surface area contributed by atoms with E-state index in [2.05, 4.69) is 41.2 Å². The molecule has 0 aliphatic carbocycles. The van der Waals surface area contributed by atoms with Crippen molar-refractivity contribution in [3.8, 4) is 0 Å². The summed E-state index contributed by atoms with van der Waals surface area (Å²) in [6.07, 6.45) is 10.5. The van der Waals surface area contributed by atoms with E-state index >= 15 is 0 Å². The molecule has 0 spiro atoms. The number of hydrogen-bond acceptors (Lipinski definition) is 10. The SMILES string of the molecule is Cc1cc(F)ccc1Nc1nc2ccc3c(C)c(/C=C/CNC(=O)C4CCP(=O)(c5ccccc5)CC4)[nH]c(=O)c3c2n1C.Cc1cc(F)ccc1Nc1nc2ccc3c(C)c(/C=C/CNC(=O)N4CCP(=O)(c5ccccc5)CC4)[nH]c(=O)c3c2n1C. The van der Waals surface area contributed by atoms with Gasteiger partial charge in [0, 0.05) is 104 Å². The molecular formula is C67H69F2N11O6P2. The van der Waals surface area contributed by atoms with E-state index in [1.54, 1.807) is 29.2 Å². The number of pyridine rings is 2. The number of benzene rings is 6. The largest absolute Gasteiger partial charge is 0.352 e. The molecule has 0 unspecified atom stereocenters. The van der Waals surface area contributed by atoms with Gasteiger partial charge in [-0.3, -0.25) is 14.4 Å². The second kappa shape index (κ2) is 25.3. The van der Waals surface area contributed by atoms with Gasteiger partial charge in [-0.25, -0.2) is 23.5 Å². The van der Waals surface area contributed by atoms with Crippen molar-refractivity contribution in [2.75, 3.05) is 61.5 Å². The molecule has 2 saturated heterocycles. The number of aryl methyl sites for hydroxylation is 6. The van der Waals surface area contributed by atoms with Crippen LogP contribution in [0.5, 0.6) is 0 Å². The van der Waals surface area contributed by atoms with E-state index < -0.39 is 14.3 Å². The first-order chi connectivity index (χ1) is 42.3. The summed E-state index contributed by atoms with van der Waals surface area (Å²) in [6.45, 7) is 9.03. The molecule has 6 aromatic carbocycles. The number of carbonyl (C=O) groups is 2. The maximum Gasteiger partial charge on any atom is 0.317 e. The topological polar surface area (TPSA) is 221 Å². The van der Waals surface area contributed by atoms with Gasteiger partial charge in [-0.2, -0.15) is 0 Å². The van der Waals surface area contributed by atoms with E-state index in [0.717, 1.165) is 55.0 Å². The predicted molar refractivity (Wildman–Crippen MR) is 352 cm³/mol. The van der Waals surface area contributed by atoms with Crippen LogP contribution in [0.15, 0.2) is 143 Å². The second-order valence-corrected chi connectivity index (χ2v) is 29.1. The summed E-state index contributed by atoms with van der Waals surface area (Å²) < 4.78 is 57.6. The van der Waals surface area contributed by atoms with Crippen LogP contribution in [-0.2, 0) is 28.0 Å². The van der Waals surface area contributed by atoms with Gasteiger partial charge in [0.05, 0.1) is 32.8 Å². The molecule has 12 rings (SSSR count). The van der Waals surface area contributed by atoms with Crippen molar-refractivity contribution < 1.29 is 27.5 Å². The summed E-state index contributed by atoms with van der Waals surface area (Å²) in [7, 11) is -1.23. The molecule has 452 valence electrons. The van der Waals surface area contributed by atoms with Crippen LogP contribution in [0.2, 0.25) is 0 Å². The first-order valence-electron chi connectivity index (χ1n) is 29.3. The van der Waals surface area contributed by atoms with Crippen LogP contribution in [0.4, 0.5) is 36.8 Å². The van der Waals surface area contributed by atoms with Gasteiger partial charge >= 0.3 is 6.03 Å². The summed E-state index contributed by atoms with van der Waals surface area (Å²) in [5.74, 6) is 0.284. The average molecular weight is 1220 g/mol. The molecule has 6 heterocycles. The summed E-state index contributed by atoms with van der Waals surface area (Å²) >= 11 is 0. The minimum absolute atomic E-state index is 0.0310. The molecule has 3 amide bonds. The van der Waals surface area contributed by atoms with Crippen LogP contribution in [0.3, 0.4) is 0 Å². The Morgan fingerprint density at radius 1 is 0.591 bits per heavy atom. The van der Waals surface area contributed by atoms with Gasteiger partial charge in [0.1, 0.15) is 25.9 Å². The van der Waals surface area contributed by atoms with E-state index in [0.29, 0.717) is 113 Å². The Bertz CT molecular complexity index is 4340. The van der Waals surface area contributed by atoms with Crippen molar-refractivity contribution >= 4 is 116 Å². The minimum Gasteiger partial charge on any atom is -0.352 e. The lowest BCUT2D eigenvalue weighted by Crippen LogP contribution is -2.46. The number of anilines is 4. The summed E-state index contributed by atoms with van der Waals surface area (Å²) in [6, 6.07) is 35.5. The highest BCUT2D eigenvalue weighted by Crippen LogP contribution is 2.51.